The average molecular weight is 298 g/mol. The Morgan fingerprint density at radius 1 is 1.24 bits per heavy atom. The molecule has 0 aliphatic rings. The Bertz CT molecular complexity index is 448. The zero-order valence-electron chi connectivity index (χ0n) is 13.8. The van der Waals surface area contributed by atoms with Crippen molar-refractivity contribution >= 4 is 0 Å². The molecule has 1 aromatic rings. The van der Waals surface area contributed by atoms with Crippen molar-refractivity contribution in [1.82, 2.24) is 10.2 Å². The molecule has 0 heterocycles. The third-order valence-corrected chi connectivity index (χ3v) is 4.56. The molecule has 0 aromatic heterocycles. The van der Waals surface area contributed by atoms with Crippen LogP contribution in [0.1, 0.15) is 39.2 Å². The Balaban J connectivity index is 3.05. The van der Waals surface area contributed by atoms with Crippen molar-refractivity contribution < 1.29 is 8.78 Å². The highest BCUT2D eigenvalue weighted by atomic mass is 19.1. The fraction of sp³-hybridized carbons (Fsp3) is 0.647. The van der Waals surface area contributed by atoms with Gasteiger partial charge in [0, 0.05) is 11.6 Å². The molecule has 0 bridgehead atoms. The molecular formula is C17H28F2N2. The second kappa shape index (κ2) is 7.85. The van der Waals surface area contributed by atoms with Gasteiger partial charge in [-0.1, -0.05) is 13.8 Å². The van der Waals surface area contributed by atoms with Gasteiger partial charge >= 0.3 is 0 Å². The molecule has 0 spiro atoms. The Labute approximate surface area is 127 Å². The first-order valence-corrected chi connectivity index (χ1v) is 7.69. The van der Waals surface area contributed by atoms with Gasteiger partial charge in [-0.25, -0.2) is 8.78 Å². The summed E-state index contributed by atoms with van der Waals surface area (Å²) in [4.78, 5) is 2.16. The molecule has 2 nitrogen and oxygen atoms in total. The summed E-state index contributed by atoms with van der Waals surface area (Å²) in [6.45, 7) is 7.26. The molecule has 0 saturated heterocycles. The Morgan fingerprint density at radius 3 is 2.43 bits per heavy atom. The summed E-state index contributed by atoms with van der Waals surface area (Å²) in [6.07, 6.45) is 2.42. The number of nitrogens with one attached hydrogen (secondary N) is 1. The van der Waals surface area contributed by atoms with Gasteiger partial charge in [-0.2, -0.15) is 0 Å². The lowest BCUT2D eigenvalue weighted by molar-refractivity contribution is 0.112. The first-order chi connectivity index (χ1) is 9.85. The van der Waals surface area contributed by atoms with Crippen molar-refractivity contribution in [3.8, 4) is 0 Å². The van der Waals surface area contributed by atoms with Gasteiger partial charge in [-0.3, -0.25) is 0 Å². The predicted molar refractivity (Wildman–Crippen MR) is 84.5 cm³/mol. The fourth-order valence-corrected chi connectivity index (χ4v) is 2.62. The molecule has 0 fully saturated rings. The smallest absolute Gasteiger partial charge is 0.126 e. The lowest BCUT2D eigenvalue weighted by Crippen LogP contribution is -2.58. The second-order valence-corrected chi connectivity index (χ2v) is 6.05. The van der Waals surface area contributed by atoms with Crippen LogP contribution < -0.4 is 5.32 Å². The van der Waals surface area contributed by atoms with E-state index in [4.69, 9.17) is 0 Å². The lowest BCUT2D eigenvalue weighted by Gasteiger charge is -2.43. The Morgan fingerprint density at radius 2 is 1.90 bits per heavy atom. The molecule has 0 radical (unpaired) electrons. The third-order valence-electron chi connectivity index (χ3n) is 4.56. The van der Waals surface area contributed by atoms with Gasteiger partial charge in [0.2, 0.25) is 0 Å². The van der Waals surface area contributed by atoms with E-state index in [0.717, 1.165) is 25.5 Å². The topological polar surface area (TPSA) is 15.3 Å². The van der Waals surface area contributed by atoms with Gasteiger partial charge in [0.25, 0.3) is 0 Å². The number of rotatable bonds is 8. The molecule has 1 rings (SSSR count). The summed E-state index contributed by atoms with van der Waals surface area (Å²) in [5, 5.41) is 3.51. The highest BCUT2D eigenvalue weighted by Crippen LogP contribution is 2.25. The molecule has 0 aliphatic heterocycles. The van der Waals surface area contributed by atoms with E-state index in [0.29, 0.717) is 12.0 Å². The third kappa shape index (κ3) is 4.48. The molecule has 21 heavy (non-hydrogen) atoms. The summed E-state index contributed by atoms with van der Waals surface area (Å²) in [7, 11) is 4.07. The quantitative estimate of drug-likeness (QED) is 0.789. The van der Waals surface area contributed by atoms with Crippen LogP contribution in [-0.4, -0.2) is 37.1 Å². The number of hydrogen-bond donors (Lipinski definition) is 1. The van der Waals surface area contributed by atoms with Crippen LogP contribution in [0.15, 0.2) is 18.2 Å². The van der Waals surface area contributed by atoms with Crippen LogP contribution >= 0.6 is 0 Å². The van der Waals surface area contributed by atoms with Gasteiger partial charge in [0.15, 0.2) is 0 Å². The van der Waals surface area contributed by atoms with Crippen molar-refractivity contribution in [3.05, 3.63) is 35.4 Å². The van der Waals surface area contributed by atoms with E-state index < -0.39 is 0 Å². The average Bonchev–Trinajstić information content (AvgIpc) is 2.45. The van der Waals surface area contributed by atoms with Crippen LogP contribution in [0.2, 0.25) is 0 Å². The van der Waals surface area contributed by atoms with Crippen molar-refractivity contribution in [3.63, 3.8) is 0 Å². The zero-order valence-corrected chi connectivity index (χ0v) is 13.8. The van der Waals surface area contributed by atoms with Crippen LogP contribution in [0, 0.1) is 11.6 Å². The molecule has 1 aromatic carbocycles. The van der Waals surface area contributed by atoms with Crippen molar-refractivity contribution in [2.45, 2.75) is 51.6 Å². The molecule has 0 amide bonds. The molecule has 0 saturated carbocycles. The molecular weight excluding hydrogens is 270 g/mol. The highest BCUT2D eigenvalue weighted by Gasteiger charge is 2.34. The second-order valence-electron chi connectivity index (χ2n) is 6.05. The highest BCUT2D eigenvalue weighted by molar-refractivity contribution is 5.21. The fourth-order valence-electron chi connectivity index (χ4n) is 2.62. The van der Waals surface area contributed by atoms with E-state index in [9.17, 15) is 8.78 Å². The van der Waals surface area contributed by atoms with Crippen molar-refractivity contribution in [2.24, 2.45) is 0 Å². The van der Waals surface area contributed by atoms with Crippen LogP contribution in [-0.2, 0) is 6.42 Å². The van der Waals surface area contributed by atoms with Crippen LogP contribution in [0.25, 0.3) is 0 Å². The van der Waals surface area contributed by atoms with E-state index >= 15 is 0 Å². The largest absolute Gasteiger partial charge is 0.312 e. The summed E-state index contributed by atoms with van der Waals surface area (Å²) in [5.74, 6) is -0.722. The first kappa shape index (κ1) is 18.1. The number of benzene rings is 1. The van der Waals surface area contributed by atoms with E-state index in [1.807, 2.05) is 14.1 Å². The molecule has 1 N–H and O–H groups in total. The maximum Gasteiger partial charge on any atom is 0.126 e. The van der Waals surface area contributed by atoms with E-state index in [1.165, 1.54) is 12.1 Å². The van der Waals surface area contributed by atoms with Crippen molar-refractivity contribution in [2.75, 3.05) is 20.6 Å². The van der Waals surface area contributed by atoms with Crippen LogP contribution in [0.3, 0.4) is 0 Å². The number of nitrogens with zero attached hydrogens (tertiary/aromatic N) is 1. The van der Waals surface area contributed by atoms with E-state index in [-0.39, 0.29) is 23.2 Å². The molecule has 120 valence electrons. The molecule has 0 aliphatic carbocycles. The Kier molecular flexibility index (Phi) is 6.75. The number of likely N-dealkylation sites (N-methyl/N-ethyl adjacent to an activating group) is 1. The minimum Gasteiger partial charge on any atom is -0.312 e. The minimum atomic E-state index is -0.385. The SMILES string of the molecule is CCCNC(Cc1cc(F)ccc1F)C(C)(CC)N(C)C. The van der Waals surface area contributed by atoms with Gasteiger partial charge in [0.1, 0.15) is 11.6 Å². The molecule has 2 unspecified atom stereocenters. The maximum absolute atomic E-state index is 13.9. The summed E-state index contributed by atoms with van der Waals surface area (Å²) >= 11 is 0. The molecule has 4 heteroatoms. The normalized spacial score (nSPS) is 16.0. The van der Waals surface area contributed by atoms with Gasteiger partial charge < -0.3 is 10.2 Å². The summed E-state index contributed by atoms with van der Waals surface area (Å²) < 4.78 is 27.3. The van der Waals surface area contributed by atoms with Gasteiger partial charge in [0.05, 0.1) is 0 Å². The Hall–Kier alpha value is -1.00. The summed E-state index contributed by atoms with van der Waals surface area (Å²) in [6, 6.07) is 3.74. The van der Waals surface area contributed by atoms with E-state index in [2.05, 4.69) is 31.0 Å². The zero-order chi connectivity index (χ0) is 16.0. The van der Waals surface area contributed by atoms with Gasteiger partial charge in [-0.05, 0) is 70.6 Å². The lowest BCUT2D eigenvalue weighted by atomic mass is 9.84. The van der Waals surface area contributed by atoms with Crippen molar-refractivity contribution in [1.29, 1.82) is 0 Å². The number of halogens is 2. The minimum absolute atomic E-state index is 0.0637. The van der Waals surface area contributed by atoms with Crippen LogP contribution in [0.4, 0.5) is 8.78 Å². The predicted octanol–water partition coefficient (Wildman–Crippen LogP) is 3.61. The maximum atomic E-state index is 13.9. The number of hydrogen-bond acceptors (Lipinski definition) is 2. The molecule has 2 atom stereocenters. The van der Waals surface area contributed by atoms with Gasteiger partial charge in [-0.15, -0.1) is 0 Å². The standard InChI is InChI=1S/C17H28F2N2/c1-6-10-20-16(17(3,7-2)21(4)5)12-13-11-14(18)8-9-15(13)19/h8-9,11,16,20H,6-7,10,12H2,1-5H3. The monoisotopic (exact) mass is 298 g/mol. The summed E-state index contributed by atoms with van der Waals surface area (Å²) in [5.41, 5.74) is 0.318. The van der Waals surface area contributed by atoms with Crippen LogP contribution in [0.5, 0.6) is 0 Å². The van der Waals surface area contributed by atoms with E-state index in [1.54, 1.807) is 0 Å². The first-order valence-electron chi connectivity index (χ1n) is 7.69.